The lowest BCUT2D eigenvalue weighted by Gasteiger charge is -2.31. The molecule has 0 saturated carbocycles. The molecule has 136 valence electrons. The molecule has 26 heavy (non-hydrogen) atoms. The molecular formula is C25H31N. The van der Waals surface area contributed by atoms with Gasteiger partial charge >= 0.3 is 0 Å². The predicted molar refractivity (Wildman–Crippen MR) is 114 cm³/mol. The van der Waals surface area contributed by atoms with E-state index < -0.39 is 0 Å². The average molecular weight is 346 g/mol. The molecule has 0 N–H and O–H groups in total. The normalized spacial score (nSPS) is 16.0. The lowest BCUT2D eigenvalue weighted by molar-refractivity contribution is 0.506. The third-order valence-electron chi connectivity index (χ3n) is 6.12. The second-order valence-electron chi connectivity index (χ2n) is 8.52. The van der Waals surface area contributed by atoms with Crippen molar-refractivity contribution >= 4 is 5.71 Å². The maximum Gasteiger partial charge on any atom is 0.0447 e. The van der Waals surface area contributed by atoms with E-state index in [0.717, 1.165) is 12.1 Å². The van der Waals surface area contributed by atoms with E-state index in [1.165, 1.54) is 33.4 Å². The first-order valence-corrected chi connectivity index (χ1v) is 9.69. The van der Waals surface area contributed by atoms with Crippen LogP contribution in [-0.2, 0) is 10.8 Å². The number of fused-ring (bicyclic) bond motifs is 3. The summed E-state index contributed by atoms with van der Waals surface area (Å²) in [5, 5.41) is 0. The SMILES string of the molecule is C/C=C\N=C(C)c1ccc2c(c1C(C)(C)CC)-c1ccccc1C2(C)C. The molecule has 0 atom stereocenters. The summed E-state index contributed by atoms with van der Waals surface area (Å²) in [6.45, 7) is 15.8. The molecule has 0 fully saturated rings. The topological polar surface area (TPSA) is 12.4 Å². The van der Waals surface area contributed by atoms with E-state index in [4.69, 9.17) is 0 Å². The highest BCUT2D eigenvalue weighted by atomic mass is 14.7. The number of hydrogen-bond donors (Lipinski definition) is 0. The summed E-state index contributed by atoms with van der Waals surface area (Å²) in [6, 6.07) is 13.5. The Morgan fingerprint density at radius 1 is 1.08 bits per heavy atom. The zero-order chi connectivity index (χ0) is 19.1. The zero-order valence-electron chi connectivity index (χ0n) is 17.3. The Bertz CT molecular complexity index is 894. The van der Waals surface area contributed by atoms with Gasteiger partial charge in [-0.15, -0.1) is 0 Å². The van der Waals surface area contributed by atoms with Crippen molar-refractivity contribution in [3.8, 4) is 11.1 Å². The zero-order valence-corrected chi connectivity index (χ0v) is 17.3. The summed E-state index contributed by atoms with van der Waals surface area (Å²) in [5.74, 6) is 0. The standard InChI is InChI=1S/C25H31N/c1-8-16-26-17(3)18-14-15-21-22(23(18)24(4,5)9-2)19-12-10-11-13-20(19)25(21,6)7/h8,10-16H,9H2,1-7H3/b16-8-,26-17?. The van der Waals surface area contributed by atoms with Gasteiger partial charge in [-0.05, 0) is 53.5 Å². The monoisotopic (exact) mass is 345 g/mol. The molecule has 0 heterocycles. The first-order chi connectivity index (χ1) is 12.3. The van der Waals surface area contributed by atoms with Crippen molar-refractivity contribution in [2.24, 2.45) is 4.99 Å². The van der Waals surface area contributed by atoms with Crippen LogP contribution in [0, 0.1) is 0 Å². The van der Waals surface area contributed by atoms with Gasteiger partial charge in [0.05, 0.1) is 0 Å². The molecule has 0 radical (unpaired) electrons. The molecule has 0 spiro atoms. The summed E-state index contributed by atoms with van der Waals surface area (Å²) in [6.07, 6.45) is 4.97. The van der Waals surface area contributed by atoms with E-state index in [9.17, 15) is 0 Å². The fourth-order valence-electron chi connectivity index (χ4n) is 4.23. The molecule has 0 aromatic heterocycles. The minimum Gasteiger partial charge on any atom is -0.261 e. The third kappa shape index (κ3) is 2.74. The van der Waals surface area contributed by atoms with Gasteiger partial charge in [0.15, 0.2) is 0 Å². The van der Waals surface area contributed by atoms with Gasteiger partial charge in [-0.2, -0.15) is 0 Å². The van der Waals surface area contributed by atoms with E-state index in [0.29, 0.717) is 0 Å². The van der Waals surface area contributed by atoms with Gasteiger partial charge in [0, 0.05) is 22.9 Å². The predicted octanol–water partition coefficient (Wildman–Crippen LogP) is 7.02. The van der Waals surface area contributed by atoms with Gasteiger partial charge in [0.25, 0.3) is 0 Å². The van der Waals surface area contributed by atoms with E-state index in [1.54, 1.807) is 0 Å². The average Bonchev–Trinajstić information content (AvgIpc) is 2.87. The Kier molecular flexibility index (Phi) is 4.69. The van der Waals surface area contributed by atoms with Crippen molar-refractivity contribution < 1.29 is 0 Å². The molecule has 0 unspecified atom stereocenters. The minimum absolute atomic E-state index is 0.0391. The van der Waals surface area contributed by atoms with E-state index in [2.05, 4.69) is 82.9 Å². The van der Waals surface area contributed by atoms with Crippen LogP contribution in [0.3, 0.4) is 0 Å². The van der Waals surface area contributed by atoms with Gasteiger partial charge in [0.1, 0.15) is 0 Å². The third-order valence-corrected chi connectivity index (χ3v) is 6.12. The van der Waals surface area contributed by atoms with Crippen LogP contribution in [0.25, 0.3) is 11.1 Å². The van der Waals surface area contributed by atoms with Crippen LogP contribution in [0.4, 0.5) is 0 Å². The van der Waals surface area contributed by atoms with Crippen LogP contribution in [0.2, 0.25) is 0 Å². The van der Waals surface area contributed by atoms with Crippen LogP contribution in [0.1, 0.15) is 77.1 Å². The Morgan fingerprint density at radius 2 is 1.77 bits per heavy atom. The lowest BCUT2D eigenvalue weighted by Crippen LogP contribution is -2.22. The molecule has 1 aliphatic rings. The van der Waals surface area contributed by atoms with Crippen LogP contribution >= 0.6 is 0 Å². The first kappa shape index (κ1) is 18.6. The van der Waals surface area contributed by atoms with Crippen molar-refractivity contribution in [1.29, 1.82) is 0 Å². The van der Waals surface area contributed by atoms with Gasteiger partial charge in [-0.25, -0.2) is 0 Å². The molecule has 0 bridgehead atoms. The molecule has 1 nitrogen and oxygen atoms in total. The van der Waals surface area contributed by atoms with Crippen molar-refractivity contribution in [3.05, 3.63) is 70.9 Å². The maximum absolute atomic E-state index is 4.68. The smallest absolute Gasteiger partial charge is 0.0447 e. The van der Waals surface area contributed by atoms with Crippen LogP contribution in [0.5, 0.6) is 0 Å². The van der Waals surface area contributed by atoms with Crippen molar-refractivity contribution in [2.45, 2.75) is 65.7 Å². The van der Waals surface area contributed by atoms with Crippen molar-refractivity contribution in [3.63, 3.8) is 0 Å². The summed E-state index contributed by atoms with van der Waals surface area (Å²) in [4.78, 5) is 4.68. The van der Waals surface area contributed by atoms with Crippen LogP contribution < -0.4 is 0 Å². The summed E-state index contributed by atoms with van der Waals surface area (Å²) in [5.41, 5.74) is 9.64. The molecule has 1 heteroatoms. The second kappa shape index (κ2) is 6.54. The van der Waals surface area contributed by atoms with E-state index in [1.807, 2.05) is 19.2 Å². The van der Waals surface area contributed by atoms with Crippen LogP contribution in [-0.4, -0.2) is 5.71 Å². The highest BCUT2D eigenvalue weighted by molar-refractivity contribution is 6.03. The highest BCUT2D eigenvalue weighted by Crippen LogP contribution is 2.53. The van der Waals surface area contributed by atoms with Crippen LogP contribution in [0.15, 0.2) is 53.7 Å². The van der Waals surface area contributed by atoms with Gasteiger partial charge in [0.2, 0.25) is 0 Å². The molecule has 0 amide bonds. The molecule has 3 rings (SSSR count). The van der Waals surface area contributed by atoms with Gasteiger partial charge in [-0.1, -0.05) is 77.1 Å². The number of allylic oxidation sites excluding steroid dienone is 1. The maximum atomic E-state index is 4.68. The van der Waals surface area contributed by atoms with Gasteiger partial charge in [-0.3, -0.25) is 4.99 Å². The fraction of sp³-hybridized carbons (Fsp3) is 0.400. The summed E-state index contributed by atoms with van der Waals surface area (Å²) >= 11 is 0. The Hall–Kier alpha value is -2.15. The first-order valence-electron chi connectivity index (χ1n) is 9.69. The van der Waals surface area contributed by atoms with Crippen molar-refractivity contribution in [2.75, 3.05) is 0 Å². The summed E-state index contributed by atoms with van der Waals surface area (Å²) < 4.78 is 0. The number of rotatable bonds is 4. The number of aliphatic imine (C=N–C) groups is 1. The van der Waals surface area contributed by atoms with Gasteiger partial charge < -0.3 is 0 Å². The second-order valence-corrected chi connectivity index (χ2v) is 8.52. The largest absolute Gasteiger partial charge is 0.261 e. The molecule has 0 saturated heterocycles. The number of hydrogen-bond acceptors (Lipinski definition) is 1. The Morgan fingerprint density at radius 3 is 2.42 bits per heavy atom. The Balaban J connectivity index is 2.42. The van der Waals surface area contributed by atoms with E-state index in [-0.39, 0.29) is 10.8 Å². The molecule has 2 aromatic carbocycles. The quantitative estimate of drug-likeness (QED) is 0.528. The highest BCUT2D eigenvalue weighted by Gasteiger charge is 2.39. The fourth-order valence-corrected chi connectivity index (χ4v) is 4.23. The minimum atomic E-state index is 0.0391. The molecular weight excluding hydrogens is 314 g/mol. The number of benzene rings is 2. The van der Waals surface area contributed by atoms with E-state index >= 15 is 0 Å². The Labute approximate surface area is 158 Å². The molecule has 1 aliphatic carbocycles. The molecule has 2 aromatic rings. The number of nitrogens with zero attached hydrogens (tertiary/aromatic N) is 1. The molecule has 0 aliphatic heterocycles. The van der Waals surface area contributed by atoms with Crippen molar-refractivity contribution in [1.82, 2.24) is 0 Å². The summed E-state index contributed by atoms with van der Waals surface area (Å²) in [7, 11) is 0. The lowest BCUT2D eigenvalue weighted by atomic mass is 9.73.